The van der Waals surface area contributed by atoms with E-state index in [0.717, 1.165) is 24.8 Å². The summed E-state index contributed by atoms with van der Waals surface area (Å²) in [6.07, 6.45) is 4.51. The molecular weight excluding hydrogens is 432 g/mol. The first-order valence-corrected chi connectivity index (χ1v) is 11.5. The van der Waals surface area contributed by atoms with Gasteiger partial charge in [0.2, 0.25) is 0 Å². The topological polar surface area (TPSA) is 152 Å². The summed E-state index contributed by atoms with van der Waals surface area (Å²) in [6.45, 7) is -1.00. The van der Waals surface area contributed by atoms with Gasteiger partial charge >= 0.3 is 0 Å². The first-order chi connectivity index (χ1) is 16.4. The third-order valence-corrected chi connectivity index (χ3v) is 5.78. The van der Waals surface area contributed by atoms with Gasteiger partial charge in [-0.1, -0.05) is 0 Å². The van der Waals surface area contributed by atoms with E-state index in [2.05, 4.69) is 35.8 Å². The first-order valence-electron chi connectivity index (χ1n) is 11.1. The Morgan fingerprint density at radius 2 is 1.97 bits per heavy atom. The van der Waals surface area contributed by atoms with Crippen molar-refractivity contribution >= 4 is 38.9 Å². The van der Waals surface area contributed by atoms with Crippen LogP contribution in [0.3, 0.4) is 0 Å². The molecule has 1 fully saturated rings. The molecule has 11 nitrogen and oxygen atoms in total. The van der Waals surface area contributed by atoms with Gasteiger partial charge in [-0.15, -0.1) is 10.2 Å². The maximum absolute atomic E-state index is 12.6. The summed E-state index contributed by atoms with van der Waals surface area (Å²) < 4.78 is 46.3. The van der Waals surface area contributed by atoms with Gasteiger partial charge in [-0.2, -0.15) is 0 Å². The standard InChI is InChI=1S/C20H22N8O3S/c1-11-23-13(12-6-7-12)9-16(24-11)26-17-10-14(18(28-27-17)20(29)21-2)25-19-15(32(3,30)31)5-4-8-22-19/h4-5,8-10,12H,6-7H2,1-3H3,(H,21,29)(H2,22,23,24,25,26,27)/i2D3. The predicted octanol–water partition coefficient (Wildman–Crippen LogP) is 2.10. The van der Waals surface area contributed by atoms with Crippen molar-refractivity contribution in [3.05, 3.63) is 47.7 Å². The number of hydrogen-bond acceptors (Lipinski definition) is 10. The molecule has 32 heavy (non-hydrogen) atoms. The average molecular weight is 458 g/mol. The quantitative estimate of drug-likeness (QED) is 0.481. The average Bonchev–Trinajstić information content (AvgIpc) is 3.57. The van der Waals surface area contributed by atoms with Gasteiger partial charge in [-0.05, 0) is 31.9 Å². The van der Waals surface area contributed by atoms with Crippen molar-refractivity contribution < 1.29 is 17.3 Å². The Labute approximate surface area is 189 Å². The molecule has 1 aliphatic rings. The summed E-state index contributed by atoms with van der Waals surface area (Å²) in [4.78, 5) is 25.3. The number of aromatic nitrogens is 5. The number of nitrogens with zero attached hydrogens (tertiary/aromatic N) is 5. The second-order valence-electron chi connectivity index (χ2n) is 7.32. The molecule has 0 spiro atoms. The van der Waals surface area contributed by atoms with E-state index in [4.69, 9.17) is 4.11 Å². The summed E-state index contributed by atoms with van der Waals surface area (Å²) in [5.74, 6) is 0.514. The van der Waals surface area contributed by atoms with Crippen LogP contribution in [-0.2, 0) is 9.84 Å². The maximum atomic E-state index is 12.6. The van der Waals surface area contributed by atoms with Crippen LogP contribution in [0.25, 0.3) is 0 Å². The van der Waals surface area contributed by atoms with Crippen LogP contribution in [0.2, 0.25) is 0 Å². The highest BCUT2D eigenvalue weighted by atomic mass is 32.2. The van der Waals surface area contributed by atoms with E-state index in [9.17, 15) is 13.2 Å². The minimum Gasteiger partial charge on any atom is -0.354 e. The summed E-state index contributed by atoms with van der Waals surface area (Å²) in [5, 5.41) is 15.5. The predicted molar refractivity (Wildman–Crippen MR) is 118 cm³/mol. The van der Waals surface area contributed by atoms with Crippen LogP contribution in [0.1, 0.15) is 44.9 Å². The van der Waals surface area contributed by atoms with Crippen molar-refractivity contribution in [1.29, 1.82) is 0 Å². The van der Waals surface area contributed by atoms with E-state index in [0.29, 0.717) is 17.6 Å². The zero-order chi connectivity index (χ0) is 25.4. The molecule has 0 saturated heterocycles. The highest BCUT2D eigenvalue weighted by molar-refractivity contribution is 7.90. The highest BCUT2D eigenvalue weighted by Crippen LogP contribution is 2.39. The summed E-state index contributed by atoms with van der Waals surface area (Å²) in [7, 11) is -3.67. The summed E-state index contributed by atoms with van der Waals surface area (Å²) in [5.41, 5.74) is 0.529. The molecule has 3 N–H and O–H groups in total. The number of anilines is 4. The molecule has 1 saturated carbocycles. The fourth-order valence-electron chi connectivity index (χ4n) is 3.06. The van der Waals surface area contributed by atoms with Gasteiger partial charge < -0.3 is 16.0 Å². The van der Waals surface area contributed by atoms with Crippen LogP contribution in [-0.4, -0.2) is 52.7 Å². The minimum absolute atomic E-state index is 0.0129. The van der Waals surface area contributed by atoms with E-state index in [1.54, 1.807) is 13.0 Å². The van der Waals surface area contributed by atoms with Crippen molar-refractivity contribution in [2.75, 3.05) is 23.9 Å². The number of rotatable bonds is 7. The Balaban J connectivity index is 1.73. The Morgan fingerprint density at radius 1 is 1.16 bits per heavy atom. The number of nitrogens with one attached hydrogen (secondary N) is 3. The molecule has 3 aromatic rings. The van der Waals surface area contributed by atoms with Crippen molar-refractivity contribution in [3.63, 3.8) is 0 Å². The highest BCUT2D eigenvalue weighted by Gasteiger charge is 2.26. The SMILES string of the molecule is [2H]C([2H])([2H])NC(=O)c1nnc(Nc2cc(C3CC3)nc(C)n2)cc1Nc1ncccc1S(C)(=O)=O. The van der Waals surface area contributed by atoms with Gasteiger partial charge in [0, 0.05) is 47.3 Å². The number of amides is 1. The number of sulfone groups is 1. The number of carbonyl (C=O) groups is 1. The van der Waals surface area contributed by atoms with Gasteiger partial charge in [-0.3, -0.25) is 4.79 Å². The van der Waals surface area contributed by atoms with Crippen LogP contribution in [0.4, 0.5) is 23.1 Å². The molecule has 0 aliphatic heterocycles. The zero-order valence-corrected chi connectivity index (χ0v) is 18.1. The lowest BCUT2D eigenvalue weighted by molar-refractivity contribution is 0.0958. The largest absolute Gasteiger partial charge is 0.354 e. The fraction of sp³-hybridized carbons (Fsp3) is 0.300. The smallest absolute Gasteiger partial charge is 0.273 e. The molecule has 1 amide bonds. The van der Waals surface area contributed by atoms with E-state index in [1.807, 2.05) is 5.32 Å². The molecule has 0 radical (unpaired) electrons. The Morgan fingerprint density at radius 3 is 2.69 bits per heavy atom. The van der Waals surface area contributed by atoms with E-state index in [-0.39, 0.29) is 27.9 Å². The van der Waals surface area contributed by atoms with E-state index >= 15 is 0 Å². The number of hydrogen-bond donors (Lipinski definition) is 3. The molecule has 3 heterocycles. The Kier molecular flexibility index (Phi) is 4.75. The molecule has 4 rings (SSSR count). The van der Waals surface area contributed by atoms with E-state index < -0.39 is 22.7 Å². The fourth-order valence-corrected chi connectivity index (χ4v) is 3.84. The van der Waals surface area contributed by atoms with E-state index in [1.165, 1.54) is 24.4 Å². The number of aryl methyl sites for hydroxylation is 1. The van der Waals surface area contributed by atoms with Gasteiger partial charge in [0.25, 0.3) is 5.91 Å². The van der Waals surface area contributed by atoms with Gasteiger partial charge in [0.15, 0.2) is 21.3 Å². The lowest BCUT2D eigenvalue weighted by Crippen LogP contribution is -2.22. The van der Waals surface area contributed by atoms with Crippen LogP contribution in [0.15, 0.2) is 35.4 Å². The lowest BCUT2D eigenvalue weighted by atomic mass is 10.2. The van der Waals surface area contributed by atoms with Crippen molar-refractivity contribution in [2.24, 2.45) is 0 Å². The molecular formula is C20H22N8O3S. The molecule has 12 heteroatoms. The number of carbonyl (C=O) groups excluding carboxylic acids is 1. The second kappa shape index (κ2) is 8.46. The minimum atomic E-state index is -3.67. The van der Waals surface area contributed by atoms with Crippen molar-refractivity contribution in [3.8, 4) is 0 Å². The van der Waals surface area contributed by atoms with Crippen molar-refractivity contribution in [1.82, 2.24) is 30.5 Å². The molecule has 0 atom stereocenters. The molecule has 166 valence electrons. The normalized spacial score (nSPS) is 15.2. The monoisotopic (exact) mass is 457 g/mol. The molecule has 1 aliphatic carbocycles. The molecule has 3 aromatic heterocycles. The maximum Gasteiger partial charge on any atom is 0.273 e. The molecule has 0 aromatic carbocycles. The van der Waals surface area contributed by atoms with Gasteiger partial charge in [0.05, 0.1) is 5.69 Å². The third-order valence-electron chi connectivity index (χ3n) is 4.66. The number of pyridine rings is 1. The lowest BCUT2D eigenvalue weighted by Gasteiger charge is -2.14. The third kappa shape index (κ3) is 4.80. The van der Waals surface area contributed by atoms with Crippen LogP contribution in [0, 0.1) is 6.92 Å². The summed E-state index contributed by atoms with van der Waals surface area (Å²) >= 11 is 0. The Bertz CT molecular complexity index is 1390. The molecule has 0 bridgehead atoms. The van der Waals surface area contributed by atoms with Crippen LogP contribution < -0.4 is 16.0 Å². The van der Waals surface area contributed by atoms with Crippen LogP contribution >= 0.6 is 0 Å². The van der Waals surface area contributed by atoms with Crippen molar-refractivity contribution in [2.45, 2.75) is 30.6 Å². The van der Waals surface area contributed by atoms with Gasteiger partial charge in [0.1, 0.15) is 22.4 Å². The summed E-state index contributed by atoms with van der Waals surface area (Å²) in [6, 6.07) is 5.99. The first kappa shape index (κ1) is 18.0. The second-order valence-corrected chi connectivity index (χ2v) is 9.30. The van der Waals surface area contributed by atoms with Gasteiger partial charge in [-0.25, -0.2) is 23.4 Å². The Hall–Kier alpha value is -3.67. The van der Waals surface area contributed by atoms with Crippen LogP contribution in [0.5, 0.6) is 0 Å². The zero-order valence-electron chi connectivity index (χ0n) is 20.2. The molecule has 0 unspecified atom stereocenters.